The number of ether oxygens (including phenoxy) is 1. The van der Waals surface area contributed by atoms with Crippen molar-refractivity contribution in [2.45, 2.75) is 26.3 Å². The van der Waals surface area contributed by atoms with Crippen molar-refractivity contribution in [1.82, 2.24) is 10.3 Å². The number of hydrogen-bond donors (Lipinski definition) is 1. The summed E-state index contributed by atoms with van der Waals surface area (Å²) in [6.07, 6.45) is 4.07. The molecule has 1 saturated heterocycles. The van der Waals surface area contributed by atoms with Gasteiger partial charge in [-0.2, -0.15) is 0 Å². The number of nitrogens with zero attached hydrogens (tertiary/aromatic N) is 2. The first-order valence-electron chi connectivity index (χ1n) is 6.99. The molecule has 4 nitrogen and oxygen atoms in total. The Morgan fingerprint density at radius 3 is 3.11 bits per heavy atom. The van der Waals surface area contributed by atoms with E-state index in [1.165, 1.54) is 0 Å². The molecule has 1 N–H and O–H groups in total. The first-order valence-corrected chi connectivity index (χ1v) is 7.37. The van der Waals surface area contributed by atoms with Gasteiger partial charge in [-0.25, -0.2) is 4.98 Å². The molecule has 106 valence electrons. The minimum atomic E-state index is 0.734. The molecule has 1 aromatic heterocycles. The fourth-order valence-electron chi connectivity index (χ4n) is 2.17. The Bertz CT molecular complexity index is 392. The summed E-state index contributed by atoms with van der Waals surface area (Å²) < 4.78 is 5.45. The zero-order valence-corrected chi connectivity index (χ0v) is 12.2. The summed E-state index contributed by atoms with van der Waals surface area (Å²) in [6.45, 7) is 7.39. The van der Waals surface area contributed by atoms with Crippen LogP contribution in [-0.2, 0) is 11.3 Å². The Morgan fingerprint density at radius 1 is 1.42 bits per heavy atom. The predicted molar refractivity (Wildman–Crippen MR) is 78.9 cm³/mol. The first kappa shape index (κ1) is 14.6. The van der Waals surface area contributed by atoms with Gasteiger partial charge in [-0.15, -0.1) is 0 Å². The third-order valence-corrected chi connectivity index (χ3v) is 3.43. The van der Waals surface area contributed by atoms with E-state index < -0.39 is 0 Å². The molecule has 1 aliphatic heterocycles. The topological polar surface area (TPSA) is 37.4 Å². The van der Waals surface area contributed by atoms with Crippen molar-refractivity contribution >= 4 is 17.4 Å². The summed E-state index contributed by atoms with van der Waals surface area (Å²) in [5.41, 5.74) is 1.13. The average Bonchev–Trinajstić information content (AvgIpc) is 2.68. The van der Waals surface area contributed by atoms with E-state index in [1.54, 1.807) is 0 Å². The van der Waals surface area contributed by atoms with Crippen molar-refractivity contribution in [3.8, 4) is 0 Å². The largest absolute Gasteiger partial charge is 0.380 e. The molecule has 5 heteroatoms. The minimum Gasteiger partial charge on any atom is -0.380 e. The van der Waals surface area contributed by atoms with Crippen molar-refractivity contribution < 1.29 is 4.74 Å². The van der Waals surface area contributed by atoms with E-state index >= 15 is 0 Å². The molecule has 2 heterocycles. The molecule has 19 heavy (non-hydrogen) atoms. The summed E-state index contributed by atoms with van der Waals surface area (Å²) in [4.78, 5) is 6.73. The van der Waals surface area contributed by atoms with Crippen LogP contribution in [0.15, 0.2) is 12.3 Å². The quantitative estimate of drug-likeness (QED) is 0.843. The first-order chi connectivity index (χ1) is 9.31. The SMILES string of the molecule is CCCNCc1cnc(N2CCCOCC2)c(Cl)c1. The van der Waals surface area contributed by atoms with Gasteiger partial charge in [-0.1, -0.05) is 18.5 Å². The maximum atomic E-state index is 6.36. The smallest absolute Gasteiger partial charge is 0.147 e. The second-order valence-corrected chi connectivity index (χ2v) is 5.19. The summed E-state index contributed by atoms with van der Waals surface area (Å²) in [5, 5.41) is 4.09. The van der Waals surface area contributed by atoms with Gasteiger partial charge >= 0.3 is 0 Å². The van der Waals surface area contributed by atoms with E-state index in [-0.39, 0.29) is 0 Å². The molecule has 0 spiro atoms. The van der Waals surface area contributed by atoms with Crippen molar-refractivity contribution in [2.75, 3.05) is 37.7 Å². The van der Waals surface area contributed by atoms with Crippen LogP contribution in [0.4, 0.5) is 5.82 Å². The monoisotopic (exact) mass is 283 g/mol. The van der Waals surface area contributed by atoms with E-state index in [0.717, 1.165) is 68.6 Å². The van der Waals surface area contributed by atoms with E-state index in [9.17, 15) is 0 Å². The van der Waals surface area contributed by atoms with Gasteiger partial charge in [0, 0.05) is 32.4 Å². The second kappa shape index (κ2) is 7.68. The van der Waals surface area contributed by atoms with Gasteiger partial charge in [0.1, 0.15) is 5.82 Å². The summed E-state index contributed by atoms with van der Waals surface area (Å²) in [6, 6.07) is 2.01. The Morgan fingerprint density at radius 2 is 2.32 bits per heavy atom. The molecule has 2 rings (SSSR count). The Hall–Kier alpha value is -0.840. The lowest BCUT2D eigenvalue weighted by Crippen LogP contribution is -2.27. The molecular weight excluding hydrogens is 262 g/mol. The third kappa shape index (κ3) is 4.34. The molecule has 0 unspecified atom stereocenters. The van der Waals surface area contributed by atoms with Crippen LogP contribution in [0, 0.1) is 0 Å². The fraction of sp³-hybridized carbons (Fsp3) is 0.643. The van der Waals surface area contributed by atoms with Gasteiger partial charge in [-0.05, 0) is 31.0 Å². The lowest BCUT2D eigenvalue weighted by molar-refractivity contribution is 0.152. The molecular formula is C14H22ClN3O. The summed E-state index contributed by atoms with van der Waals surface area (Å²) >= 11 is 6.36. The fourth-order valence-corrected chi connectivity index (χ4v) is 2.48. The van der Waals surface area contributed by atoms with Gasteiger partial charge in [0.05, 0.1) is 11.6 Å². The highest BCUT2D eigenvalue weighted by Gasteiger charge is 2.14. The van der Waals surface area contributed by atoms with Crippen molar-refractivity contribution in [3.63, 3.8) is 0 Å². The number of pyridine rings is 1. The van der Waals surface area contributed by atoms with Gasteiger partial charge in [0.25, 0.3) is 0 Å². The van der Waals surface area contributed by atoms with Crippen LogP contribution in [0.25, 0.3) is 0 Å². The molecule has 0 saturated carbocycles. The highest BCUT2D eigenvalue weighted by Crippen LogP contribution is 2.24. The van der Waals surface area contributed by atoms with Gasteiger partial charge in [-0.3, -0.25) is 0 Å². The van der Waals surface area contributed by atoms with E-state index in [1.807, 2.05) is 12.3 Å². The molecule has 0 amide bonds. The standard InChI is InChI=1S/C14H22ClN3O/c1-2-4-16-10-12-9-13(15)14(17-11-12)18-5-3-7-19-8-6-18/h9,11,16H,2-8,10H2,1H3. The summed E-state index contributed by atoms with van der Waals surface area (Å²) in [5.74, 6) is 0.881. The van der Waals surface area contributed by atoms with Crippen LogP contribution >= 0.6 is 11.6 Å². The average molecular weight is 284 g/mol. The van der Waals surface area contributed by atoms with Crippen molar-refractivity contribution in [2.24, 2.45) is 0 Å². The molecule has 0 atom stereocenters. The van der Waals surface area contributed by atoms with Crippen LogP contribution in [0.2, 0.25) is 5.02 Å². The van der Waals surface area contributed by atoms with Crippen molar-refractivity contribution in [3.05, 3.63) is 22.8 Å². The van der Waals surface area contributed by atoms with Crippen LogP contribution in [-0.4, -0.2) is 37.8 Å². The number of anilines is 1. The Balaban J connectivity index is 2.01. The maximum Gasteiger partial charge on any atom is 0.147 e. The van der Waals surface area contributed by atoms with E-state index in [0.29, 0.717) is 0 Å². The van der Waals surface area contributed by atoms with Crippen molar-refractivity contribution in [1.29, 1.82) is 0 Å². The number of aromatic nitrogens is 1. The molecule has 1 fully saturated rings. The molecule has 1 aromatic rings. The number of hydrogen-bond acceptors (Lipinski definition) is 4. The second-order valence-electron chi connectivity index (χ2n) is 4.78. The number of halogens is 1. The van der Waals surface area contributed by atoms with Crippen LogP contribution < -0.4 is 10.2 Å². The van der Waals surface area contributed by atoms with Crippen LogP contribution in [0.3, 0.4) is 0 Å². The lowest BCUT2D eigenvalue weighted by atomic mass is 10.2. The third-order valence-electron chi connectivity index (χ3n) is 3.16. The van der Waals surface area contributed by atoms with Gasteiger partial charge in [0.2, 0.25) is 0 Å². The maximum absolute atomic E-state index is 6.36. The predicted octanol–water partition coefficient (Wildman–Crippen LogP) is 2.46. The van der Waals surface area contributed by atoms with Gasteiger partial charge < -0.3 is 15.0 Å². The normalized spacial score (nSPS) is 16.4. The number of rotatable bonds is 5. The molecule has 0 aliphatic carbocycles. The van der Waals surface area contributed by atoms with E-state index in [4.69, 9.17) is 16.3 Å². The Labute approximate surface area is 120 Å². The van der Waals surface area contributed by atoms with Gasteiger partial charge in [0.15, 0.2) is 0 Å². The highest BCUT2D eigenvalue weighted by molar-refractivity contribution is 6.33. The van der Waals surface area contributed by atoms with E-state index in [2.05, 4.69) is 22.1 Å². The number of nitrogens with one attached hydrogen (secondary N) is 1. The molecule has 1 aliphatic rings. The van der Waals surface area contributed by atoms with Crippen LogP contribution in [0.1, 0.15) is 25.3 Å². The summed E-state index contributed by atoms with van der Waals surface area (Å²) in [7, 11) is 0. The Kier molecular flexibility index (Phi) is 5.89. The molecule has 0 aromatic carbocycles. The minimum absolute atomic E-state index is 0.734. The zero-order valence-electron chi connectivity index (χ0n) is 11.5. The molecule has 0 bridgehead atoms. The zero-order chi connectivity index (χ0) is 13.5. The lowest BCUT2D eigenvalue weighted by Gasteiger charge is -2.22. The van der Waals surface area contributed by atoms with Crippen LogP contribution in [0.5, 0.6) is 0 Å². The highest BCUT2D eigenvalue weighted by atomic mass is 35.5. The molecule has 0 radical (unpaired) electrons.